The number of carbonyl (C=O) groups is 1. The summed E-state index contributed by atoms with van der Waals surface area (Å²) in [4.78, 5) is 15.7. The summed E-state index contributed by atoms with van der Waals surface area (Å²) in [7, 11) is 0. The largest absolute Gasteiger partial charge is 0.456 e. The van der Waals surface area contributed by atoms with Crippen LogP contribution in [0, 0.1) is 0 Å². The highest BCUT2D eigenvalue weighted by molar-refractivity contribution is 6.29. The number of pyridine rings is 1. The Hall–Kier alpha value is -1.55. The normalized spacial score (nSPS) is 14.2. The fraction of sp³-hybridized carbons (Fsp3) is 0.333. The molecule has 0 bridgehead atoms. The molecule has 1 N–H and O–H groups in total. The minimum Gasteiger partial charge on any atom is -0.456 e. The standard InChI is InChI=1S/C12H13ClN2O2/c1-8(13)7-17-12(16)9-2-5-11(14-6-9)15-10-3-4-10/h2,5-6,10H,1,3-4,7H2,(H,14,15). The SMILES string of the molecule is C=C(Cl)COC(=O)c1ccc(NC2CC2)nc1. The molecule has 0 unspecified atom stereocenters. The van der Waals surface area contributed by atoms with Gasteiger partial charge in [0.1, 0.15) is 12.4 Å². The summed E-state index contributed by atoms with van der Waals surface area (Å²) in [5.74, 6) is 0.336. The first kappa shape index (κ1) is 11.9. The van der Waals surface area contributed by atoms with Gasteiger partial charge in [0.2, 0.25) is 0 Å². The summed E-state index contributed by atoms with van der Waals surface area (Å²) in [6, 6.07) is 3.99. The molecule has 17 heavy (non-hydrogen) atoms. The van der Waals surface area contributed by atoms with E-state index in [0.29, 0.717) is 16.6 Å². The quantitative estimate of drug-likeness (QED) is 0.819. The average molecular weight is 253 g/mol. The monoisotopic (exact) mass is 252 g/mol. The summed E-state index contributed by atoms with van der Waals surface area (Å²) in [5, 5.41) is 3.52. The lowest BCUT2D eigenvalue weighted by atomic mass is 10.3. The van der Waals surface area contributed by atoms with Crippen LogP contribution in [0.4, 0.5) is 5.82 Å². The molecule has 1 aromatic heterocycles. The number of nitrogens with zero attached hydrogens (tertiary/aromatic N) is 1. The fourth-order valence-electron chi connectivity index (χ4n) is 1.26. The number of halogens is 1. The predicted octanol–water partition coefficient (Wildman–Crippen LogP) is 2.57. The highest BCUT2D eigenvalue weighted by Gasteiger charge is 2.21. The topological polar surface area (TPSA) is 51.2 Å². The Kier molecular flexibility index (Phi) is 3.64. The molecule has 1 aliphatic carbocycles. The summed E-state index contributed by atoms with van der Waals surface area (Å²) >= 11 is 5.50. The van der Waals surface area contributed by atoms with Crippen molar-refractivity contribution in [2.45, 2.75) is 18.9 Å². The minimum atomic E-state index is -0.447. The van der Waals surface area contributed by atoms with Crippen LogP contribution in [0.25, 0.3) is 0 Å². The number of hydrogen-bond acceptors (Lipinski definition) is 4. The molecule has 0 spiro atoms. The molecular weight excluding hydrogens is 240 g/mol. The zero-order chi connectivity index (χ0) is 12.3. The Morgan fingerprint density at radius 2 is 2.35 bits per heavy atom. The lowest BCUT2D eigenvalue weighted by Crippen LogP contribution is -2.08. The van der Waals surface area contributed by atoms with E-state index in [2.05, 4.69) is 16.9 Å². The number of carbonyl (C=O) groups excluding carboxylic acids is 1. The van der Waals surface area contributed by atoms with Crippen LogP contribution in [0.1, 0.15) is 23.2 Å². The molecule has 0 aromatic carbocycles. The molecule has 5 heteroatoms. The highest BCUT2D eigenvalue weighted by Crippen LogP contribution is 2.23. The van der Waals surface area contributed by atoms with Gasteiger partial charge in [-0.25, -0.2) is 9.78 Å². The van der Waals surface area contributed by atoms with Crippen LogP contribution in [0.5, 0.6) is 0 Å². The number of anilines is 1. The lowest BCUT2D eigenvalue weighted by molar-refractivity contribution is 0.0545. The second-order valence-corrected chi connectivity index (χ2v) is 4.48. The molecule has 0 atom stereocenters. The van der Waals surface area contributed by atoms with Gasteiger partial charge in [-0.2, -0.15) is 0 Å². The molecule has 4 nitrogen and oxygen atoms in total. The van der Waals surface area contributed by atoms with Crippen molar-refractivity contribution in [1.82, 2.24) is 4.98 Å². The Bertz CT molecular complexity index is 427. The van der Waals surface area contributed by atoms with Gasteiger partial charge in [0.15, 0.2) is 0 Å². The molecule has 90 valence electrons. The van der Waals surface area contributed by atoms with E-state index in [1.165, 1.54) is 19.0 Å². The summed E-state index contributed by atoms with van der Waals surface area (Å²) in [6.45, 7) is 3.45. The van der Waals surface area contributed by atoms with Crippen LogP contribution in [0.15, 0.2) is 29.9 Å². The second kappa shape index (κ2) is 5.19. The lowest BCUT2D eigenvalue weighted by Gasteiger charge is -2.05. The van der Waals surface area contributed by atoms with Crippen LogP contribution >= 0.6 is 11.6 Å². The minimum absolute atomic E-state index is 0.0163. The van der Waals surface area contributed by atoms with E-state index in [1.54, 1.807) is 12.1 Å². The van der Waals surface area contributed by atoms with Gasteiger partial charge in [-0.3, -0.25) is 0 Å². The van der Waals surface area contributed by atoms with Gasteiger partial charge in [0.05, 0.1) is 5.56 Å². The maximum atomic E-state index is 11.5. The Morgan fingerprint density at radius 1 is 1.59 bits per heavy atom. The first-order valence-electron chi connectivity index (χ1n) is 5.38. The number of nitrogens with one attached hydrogen (secondary N) is 1. The molecule has 0 saturated heterocycles. The van der Waals surface area contributed by atoms with Crippen molar-refractivity contribution in [1.29, 1.82) is 0 Å². The second-order valence-electron chi connectivity index (χ2n) is 3.94. The fourth-order valence-corrected chi connectivity index (χ4v) is 1.32. The third-order valence-electron chi connectivity index (χ3n) is 2.29. The molecule has 2 rings (SSSR count). The molecular formula is C12H13ClN2O2. The molecule has 0 radical (unpaired) electrons. The average Bonchev–Trinajstić information content (AvgIpc) is 3.11. The number of rotatable bonds is 5. The van der Waals surface area contributed by atoms with E-state index in [9.17, 15) is 4.79 Å². The van der Waals surface area contributed by atoms with E-state index < -0.39 is 5.97 Å². The van der Waals surface area contributed by atoms with E-state index >= 15 is 0 Å². The van der Waals surface area contributed by atoms with E-state index in [-0.39, 0.29) is 6.61 Å². The van der Waals surface area contributed by atoms with Crippen molar-refractivity contribution in [3.8, 4) is 0 Å². The Balaban J connectivity index is 1.91. The zero-order valence-corrected chi connectivity index (χ0v) is 10.0. The molecule has 1 fully saturated rings. The number of aromatic nitrogens is 1. The molecule has 0 amide bonds. The van der Waals surface area contributed by atoms with Crippen LogP contribution < -0.4 is 5.32 Å². The number of hydrogen-bond donors (Lipinski definition) is 1. The van der Waals surface area contributed by atoms with Gasteiger partial charge < -0.3 is 10.1 Å². The maximum Gasteiger partial charge on any atom is 0.340 e. The van der Waals surface area contributed by atoms with Crippen LogP contribution in [0.3, 0.4) is 0 Å². The van der Waals surface area contributed by atoms with Gasteiger partial charge in [-0.1, -0.05) is 18.2 Å². The number of esters is 1. The van der Waals surface area contributed by atoms with Crippen molar-refractivity contribution >= 4 is 23.4 Å². The first-order chi connectivity index (χ1) is 8.15. The molecule has 1 saturated carbocycles. The van der Waals surface area contributed by atoms with Gasteiger partial charge in [-0.15, -0.1) is 0 Å². The number of ether oxygens (including phenoxy) is 1. The van der Waals surface area contributed by atoms with E-state index in [4.69, 9.17) is 16.3 Å². The van der Waals surface area contributed by atoms with Crippen LogP contribution in [-0.4, -0.2) is 23.6 Å². The van der Waals surface area contributed by atoms with E-state index in [0.717, 1.165) is 5.82 Å². The molecule has 0 aliphatic heterocycles. The molecule has 1 aromatic rings. The summed E-state index contributed by atoms with van der Waals surface area (Å²) in [6.07, 6.45) is 3.86. The van der Waals surface area contributed by atoms with Gasteiger partial charge in [-0.05, 0) is 25.0 Å². The van der Waals surface area contributed by atoms with E-state index in [1.807, 2.05) is 0 Å². The van der Waals surface area contributed by atoms with Crippen LogP contribution in [0.2, 0.25) is 0 Å². The third-order valence-corrected chi connectivity index (χ3v) is 2.40. The zero-order valence-electron chi connectivity index (χ0n) is 9.28. The highest BCUT2D eigenvalue weighted by atomic mass is 35.5. The van der Waals surface area contributed by atoms with Crippen molar-refractivity contribution < 1.29 is 9.53 Å². The van der Waals surface area contributed by atoms with Crippen LogP contribution in [-0.2, 0) is 4.74 Å². The molecule has 1 aliphatic rings. The third kappa shape index (κ3) is 3.75. The summed E-state index contributed by atoms with van der Waals surface area (Å²) < 4.78 is 4.89. The van der Waals surface area contributed by atoms with Gasteiger partial charge in [0, 0.05) is 17.3 Å². The Morgan fingerprint density at radius 3 is 2.88 bits per heavy atom. The maximum absolute atomic E-state index is 11.5. The van der Waals surface area contributed by atoms with Gasteiger partial charge >= 0.3 is 5.97 Å². The van der Waals surface area contributed by atoms with Gasteiger partial charge in [0.25, 0.3) is 0 Å². The predicted molar refractivity (Wildman–Crippen MR) is 66.2 cm³/mol. The smallest absolute Gasteiger partial charge is 0.340 e. The van der Waals surface area contributed by atoms with Crippen molar-refractivity contribution in [3.05, 3.63) is 35.5 Å². The summed E-state index contributed by atoms with van der Waals surface area (Å²) in [5.41, 5.74) is 0.407. The molecule has 1 heterocycles. The van der Waals surface area contributed by atoms with Crippen molar-refractivity contribution in [2.75, 3.05) is 11.9 Å². The van der Waals surface area contributed by atoms with Crippen molar-refractivity contribution in [3.63, 3.8) is 0 Å². The van der Waals surface area contributed by atoms with Crippen molar-refractivity contribution in [2.24, 2.45) is 0 Å². The first-order valence-corrected chi connectivity index (χ1v) is 5.76. The Labute approximate surface area is 105 Å².